The second-order valence-electron chi connectivity index (χ2n) is 5.33. The van der Waals surface area contributed by atoms with E-state index in [1.807, 2.05) is 40.3 Å². The zero-order valence-corrected chi connectivity index (χ0v) is 13.1. The SMILES string of the molecule is CCN(CC)C(=O)N1CCN(c2ccnc3ccnn23)CC1. The summed E-state index contributed by atoms with van der Waals surface area (Å²) in [6.45, 7) is 8.65. The van der Waals surface area contributed by atoms with Crippen molar-refractivity contribution in [2.75, 3.05) is 44.2 Å². The van der Waals surface area contributed by atoms with E-state index in [1.54, 1.807) is 12.4 Å². The smallest absolute Gasteiger partial charge is 0.320 e. The molecule has 2 aromatic rings. The lowest BCUT2D eigenvalue weighted by Gasteiger charge is -2.38. The van der Waals surface area contributed by atoms with Gasteiger partial charge in [0.1, 0.15) is 5.82 Å². The van der Waals surface area contributed by atoms with Gasteiger partial charge in [-0.3, -0.25) is 0 Å². The number of nitrogens with zero attached hydrogens (tertiary/aromatic N) is 6. The molecule has 0 aliphatic carbocycles. The first-order valence-corrected chi connectivity index (χ1v) is 7.82. The summed E-state index contributed by atoms with van der Waals surface area (Å²) >= 11 is 0. The molecule has 0 spiro atoms. The number of carbonyl (C=O) groups is 1. The van der Waals surface area contributed by atoms with Crippen molar-refractivity contribution in [1.82, 2.24) is 24.4 Å². The van der Waals surface area contributed by atoms with Gasteiger partial charge in [0.05, 0.1) is 6.20 Å². The third-order valence-electron chi connectivity index (χ3n) is 4.18. The van der Waals surface area contributed by atoms with E-state index in [-0.39, 0.29) is 6.03 Å². The highest BCUT2D eigenvalue weighted by Crippen LogP contribution is 2.17. The van der Waals surface area contributed by atoms with Gasteiger partial charge in [0.25, 0.3) is 0 Å². The maximum Gasteiger partial charge on any atom is 0.320 e. The number of anilines is 1. The van der Waals surface area contributed by atoms with E-state index in [0.717, 1.165) is 50.7 Å². The van der Waals surface area contributed by atoms with E-state index in [9.17, 15) is 4.79 Å². The number of carbonyl (C=O) groups excluding carboxylic acids is 1. The first kappa shape index (κ1) is 14.6. The molecule has 3 heterocycles. The lowest BCUT2D eigenvalue weighted by molar-refractivity contribution is 0.154. The van der Waals surface area contributed by atoms with Crippen LogP contribution in [0.5, 0.6) is 0 Å². The molecule has 7 nitrogen and oxygen atoms in total. The molecule has 118 valence electrons. The molecule has 0 N–H and O–H groups in total. The number of rotatable bonds is 3. The summed E-state index contributed by atoms with van der Waals surface area (Å²) in [7, 11) is 0. The van der Waals surface area contributed by atoms with Crippen LogP contribution in [0.2, 0.25) is 0 Å². The summed E-state index contributed by atoms with van der Waals surface area (Å²) in [6.07, 6.45) is 3.56. The molecule has 0 bridgehead atoms. The van der Waals surface area contributed by atoms with Gasteiger partial charge in [0.15, 0.2) is 5.65 Å². The monoisotopic (exact) mass is 302 g/mol. The van der Waals surface area contributed by atoms with E-state index in [2.05, 4.69) is 15.0 Å². The predicted molar refractivity (Wildman–Crippen MR) is 85.1 cm³/mol. The topological polar surface area (TPSA) is 57.0 Å². The fourth-order valence-corrected chi connectivity index (χ4v) is 2.88. The fraction of sp³-hybridized carbons (Fsp3) is 0.533. The van der Waals surface area contributed by atoms with Crippen molar-refractivity contribution in [3.8, 4) is 0 Å². The van der Waals surface area contributed by atoms with Crippen molar-refractivity contribution >= 4 is 17.5 Å². The standard InChI is InChI=1S/C15H22N6O/c1-3-18(4-2)15(22)20-11-9-19(10-12-20)14-6-7-16-13-5-8-17-21(13)14/h5-8H,3-4,9-12H2,1-2H3. The first-order valence-electron chi connectivity index (χ1n) is 7.82. The zero-order chi connectivity index (χ0) is 15.5. The predicted octanol–water partition coefficient (Wildman–Crippen LogP) is 1.31. The molecule has 3 rings (SSSR count). The van der Waals surface area contributed by atoms with Gasteiger partial charge in [0.2, 0.25) is 0 Å². The summed E-state index contributed by atoms with van der Waals surface area (Å²) in [5.41, 5.74) is 0.846. The largest absolute Gasteiger partial charge is 0.353 e. The zero-order valence-electron chi connectivity index (χ0n) is 13.1. The van der Waals surface area contributed by atoms with Crippen LogP contribution in [-0.4, -0.2) is 69.7 Å². The molecule has 0 saturated carbocycles. The minimum Gasteiger partial charge on any atom is -0.353 e. The highest BCUT2D eigenvalue weighted by atomic mass is 16.2. The van der Waals surface area contributed by atoms with Crippen LogP contribution in [0.1, 0.15) is 13.8 Å². The Morgan fingerprint density at radius 3 is 2.55 bits per heavy atom. The third kappa shape index (κ3) is 2.58. The highest BCUT2D eigenvalue weighted by molar-refractivity contribution is 5.74. The van der Waals surface area contributed by atoms with Gasteiger partial charge < -0.3 is 14.7 Å². The van der Waals surface area contributed by atoms with Crippen LogP contribution in [0.4, 0.5) is 10.6 Å². The average molecular weight is 302 g/mol. The van der Waals surface area contributed by atoms with Crippen LogP contribution < -0.4 is 4.90 Å². The second kappa shape index (κ2) is 6.21. The number of amides is 2. The van der Waals surface area contributed by atoms with Gasteiger partial charge in [-0.25, -0.2) is 9.78 Å². The maximum absolute atomic E-state index is 12.4. The number of aromatic nitrogens is 3. The van der Waals surface area contributed by atoms with Gasteiger partial charge in [0, 0.05) is 51.5 Å². The second-order valence-corrected chi connectivity index (χ2v) is 5.33. The van der Waals surface area contributed by atoms with Gasteiger partial charge in [-0.05, 0) is 19.9 Å². The molecule has 1 aliphatic rings. The minimum atomic E-state index is 0.142. The van der Waals surface area contributed by atoms with Crippen molar-refractivity contribution in [2.24, 2.45) is 0 Å². The van der Waals surface area contributed by atoms with Crippen molar-refractivity contribution in [1.29, 1.82) is 0 Å². The molecule has 0 aromatic carbocycles. The van der Waals surface area contributed by atoms with E-state index in [4.69, 9.17) is 0 Å². The van der Waals surface area contributed by atoms with Crippen molar-refractivity contribution in [3.63, 3.8) is 0 Å². The van der Waals surface area contributed by atoms with Crippen LogP contribution in [0.3, 0.4) is 0 Å². The number of urea groups is 1. The van der Waals surface area contributed by atoms with Gasteiger partial charge in [-0.15, -0.1) is 0 Å². The first-order chi connectivity index (χ1) is 10.7. The van der Waals surface area contributed by atoms with Gasteiger partial charge in [-0.2, -0.15) is 9.61 Å². The summed E-state index contributed by atoms with van der Waals surface area (Å²) in [5, 5.41) is 4.33. The van der Waals surface area contributed by atoms with Crippen LogP contribution >= 0.6 is 0 Å². The Hall–Kier alpha value is -2.31. The van der Waals surface area contributed by atoms with Crippen LogP contribution in [0, 0.1) is 0 Å². The number of fused-ring (bicyclic) bond motifs is 1. The molecule has 1 fully saturated rings. The lowest BCUT2D eigenvalue weighted by Crippen LogP contribution is -2.53. The van der Waals surface area contributed by atoms with E-state index in [0.29, 0.717) is 0 Å². The molecule has 22 heavy (non-hydrogen) atoms. The Kier molecular flexibility index (Phi) is 4.13. The Morgan fingerprint density at radius 1 is 1.14 bits per heavy atom. The minimum absolute atomic E-state index is 0.142. The molecule has 0 atom stereocenters. The van der Waals surface area contributed by atoms with Crippen molar-refractivity contribution in [3.05, 3.63) is 24.5 Å². The molecular formula is C15H22N6O. The van der Waals surface area contributed by atoms with Gasteiger partial charge in [-0.1, -0.05) is 0 Å². The fourth-order valence-electron chi connectivity index (χ4n) is 2.88. The van der Waals surface area contributed by atoms with Gasteiger partial charge >= 0.3 is 6.03 Å². The summed E-state index contributed by atoms with van der Waals surface area (Å²) in [5.74, 6) is 1.03. The maximum atomic E-state index is 12.4. The quantitative estimate of drug-likeness (QED) is 0.858. The Morgan fingerprint density at radius 2 is 1.86 bits per heavy atom. The Bertz CT molecular complexity index is 642. The van der Waals surface area contributed by atoms with Crippen LogP contribution in [-0.2, 0) is 0 Å². The summed E-state index contributed by atoms with van der Waals surface area (Å²) in [4.78, 5) is 22.7. The molecule has 1 saturated heterocycles. The molecular weight excluding hydrogens is 280 g/mol. The molecule has 0 unspecified atom stereocenters. The number of hydrogen-bond acceptors (Lipinski definition) is 4. The van der Waals surface area contributed by atoms with Crippen LogP contribution in [0.25, 0.3) is 5.65 Å². The van der Waals surface area contributed by atoms with Crippen LogP contribution in [0.15, 0.2) is 24.5 Å². The normalized spacial score (nSPS) is 15.4. The van der Waals surface area contributed by atoms with Crippen molar-refractivity contribution < 1.29 is 4.79 Å². The van der Waals surface area contributed by atoms with E-state index in [1.165, 1.54) is 0 Å². The Balaban J connectivity index is 1.69. The summed E-state index contributed by atoms with van der Waals surface area (Å²) < 4.78 is 1.85. The molecule has 2 amide bonds. The van der Waals surface area contributed by atoms with E-state index < -0.39 is 0 Å². The van der Waals surface area contributed by atoms with Crippen molar-refractivity contribution in [2.45, 2.75) is 13.8 Å². The molecule has 1 aliphatic heterocycles. The lowest BCUT2D eigenvalue weighted by atomic mass is 10.3. The average Bonchev–Trinajstić information content (AvgIpc) is 3.04. The summed E-state index contributed by atoms with van der Waals surface area (Å²) in [6, 6.07) is 4.01. The highest BCUT2D eigenvalue weighted by Gasteiger charge is 2.25. The Labute approximate surface area is 130 Å². The number of hydrogen-bond donors (Lipinski definition) is 0. The van der Waals surface area contributed by atoms with E-state index >= 15 is 0 Å². The number of piperazine rings is 1. The molecule has 0 radical (unpaired) electrons. The third-order valence-corrected chi connectivity index (χ3v) is 4.18. The molecule has 7 heteroatoms. The molecule has 2 aromatic heterocycles.